The molecule has 0 aliphatic carbocycles. The molecule has 0 saturated carbocycles. The van der Waals surface area contributed by atoms with Crippen LogP contribution in [0.4, 0.5) is 10.8 Å². The van der Waals surface area contributed by atoms with E-state index in [0.29, 0.717) is 10.8 Å². The van der Waals surface area contributed by atoms with Gasteiger partial charge in [-0.25, -0.2) is 8.42 Å². The molecule has 1 amide bonds. The Morgan fingerprint density at radius 3 is 2.53 bits per heavy atom. The van der Waals surface area contributed by atoms with Gasteiger partial charge in [-0.2, -0.15) is 0 Å². The Labute approximate surface area is 184 Å². The summed E-state index contributed by atoms with van der Waals surface area (Å²) in [4.78, 5) is 12.9. The second-order valence-corrected chi connectivity index (χ2v) is 10.8. The van der Waals surface area contributed by atoms with Crippen molar-refractivity contribution in [3.8, 4) is 0 Å². The lowest BCUT2D eigenvalue weighted by Gasteiger charge is -2.25. The van der Waals surface area contributed by atoms with Gasteiger partial charge in [-0.1, -0.05) is 65.9 Å². The van der Waals surface area contributed by atoms with E-state index in [-0.39, 0.29) is 11.4 Å². The van der Waals surface area contributed by atoms with E-state index in [2.05, 4.69) is 15.5 Å². The molecule has 0 atom stereocenters. The van der Waals surface area contributed by atoms with Crippen molar-refractivity contribution in [1.29, 1.82) is 0 Å². The Morgan fingerprint density at radius 1 is 1.13 bits per heavy atom. The minimum atomic E-state index is -3.94. The summed E-state index contributed by atoms with van der Waals surface area (Å²) in [5.41, 5.74) is 2.23. The number of aromatic nitrogens is 2. The van der Waals surface area contributed by atoms with Gasteiger partial charge in [0.05, 0.1) is 10.6 Å². The summed E-state index contributed by atoms with van der Waals surface area (Å²) in [6, 6.07) is 13.5. The van der Waals surface area contributed by atoms with Crippen molar-refractivity contribution in [3.63, 3.8) is 0 Å². The van der Waals surface area contributed by atoms with Crippen molar-refractivity contribution >= 4 is 49.8 Å². The van der Waals surface area contributed by atoms with Gasteiger partial charge >= 0.3 is 0 Å². The standard InChI is InChI=1S/C20H22N4O3S3/c1-4-28-20-23-22-19(29-20)21-18(25)13-24(17-11-10-14(2)12-15(17)3)30(26,27)16-8-6-5-7-9-16/h5-12H,4,13H2,1-3H3,(H,21,22,25). The lowest BCUT2D eigenvalue weighted by molar-refractivity contribution is -0.114. The fourth-order valence-electron chi connectivity index (χ4n) is 2.84. The summed E-state index contributed by atoms with van der Waals surface area (Å²) >= 11 is 2.78. The molecule has 0 saturated heterocycles. The quantitative estimate of drug-likeness (QED) is 0.400. The number of benzene rings is 2. The van der Waals surface area contributed by atoms with Crippen LogP contribution in [-0.2, 0) is 14.8 Å². The third-order valence-corrected chi connectivity index (χ3v) is 7.79. The Balaban J connectivity index is 1.92. The number of thioether (sulfide) groups is 1. The zero-order valence-electron chi connectivity index (χ0n) is 16.8. The van der Waals surface area contributed by atoms with E-state index < -0.39 is 15.9 Å². The molecule has 3 rings (SSSR count). The molecule has 0 fully saturated rings. The largest absolute Gasteiger partial charge is 0.299 e. The average Bonchev–Trinajstić information content (AvgIpc) is 3.14. The minimum Gasteiger partial charge on any atom is -0.299 e. The first-order chi connectivity index (χ1) is 14.3. The predicted octanol–water partition coefficient (Wildman–Crippen LogP) is 4.10. The first-order valence-electron chi connectivity index (χ1n) is 9.22. The van der Waals surface area contributed by atoms with E-state index in [1.807, 2.05) is 32.9 Å². The highest BCUT2D eigenvalue weighted by molar-refractivity contribution is 8.01. The molecule has 0 aliphatic rings. The van der Waals surface area contributed by atoms with Crippen LogP contribution in [-0.4, -0.2) is 36.8 Å². The number of aryl methyl sites for hydroxylation is 2. The molecule has 1 heterocycles. The van der Waals surface area contributed by atoms with Gasteiger partial charge in [-0.15, -0.1) is 10.2 Å². The molecule has 3 aromatic rings. The van der Waals surface area contributed by atoms with Gasteiger partial charge < -0.3 is 0 Å². The van der Waals surface area contributed by atoms with Gasteiger partial charge in [-0.05, 0) is 43.4 Å². The van der Waals surface area contributed by atoms with Crippen molar-refractivity contribution in [2.75, 3.05) is 21.9 Å². The number of nitrogens with zero attached hydrogens (tertiary/aromatic N) is 3. The van der Waals surface area contributed by atoms with Crippen LogP contribution in [0.25, 0.3) is 0 Å². The van der Waals surface area contributed by atoms with E-state index in [0.717, 1.165) is 25.5 Å². The van der Waals surface area contributed by atoms with Crippen LogP contribution < -0.4 is 9.62 Å². The maximum Gasteiger partial charge on any atom is 0.264 e. The molecule has 7 nitrogen and oxygen atoms in total. The van der Waals surface area contributed by atoms with Crippen LogP contribution in [0.5, 0.6) is 0 Å². The molecule has 1 aromatic heterocycles. The van der Waals surface area contributed by atoms with Gasteiger partial charge in [0.15, 0.2) is 4.34 Å². The highest BCUT2D eigenvalue weighted by Gasteiger charge is 2.28. The Bertz CT molecular complexity index is 1130. The van der Waals surface area contributed by atoms with E-state index in [4.69, 9.17) is 0 Å². The normalized spacial score (nSPS) is 11.3. The van der Waals surface area contributed by atoms with Crippen LogP contribution >= 0.6 is 23.1 Å². The molecule has 1 N–H and O–H groups in total. The minimum absolute atomic E-state index is 0.121. The van der Waals surface area contributed by atoms with Gasteiger partial charge in [0, 0.05) is 0 Å². The Morgan fingerprint density at radius 2 is 1.87 bits per heavy atom. The lowest BCUT2D eigenvalue weighted by Crippen LogP contribution is -2.38. The molecule has 30 heavy (non-hydrogen) atoms. The average molecular weight is 463 g/mol. The van der Waals surface area contributed by atoms with Gasteiger partial charge in [0.25, 0.3) is 10.0 Å². The first-order valence-corrected chi connectivity index (χ1v) is 12.5. The Kier molecular flexibility index (Phi) is 7.11. The summed E-state index contributed by atoms with van der Waals surface area (Å²) in [6.45, 7) is 5.38. The highest BCUT2D eigenvalue weighted by Crippen LogP contribution is 2.28. The summed E-state index contributed by atoms with van der Waals surface area (Å²) in [7, 11) is -3.94. The van der Waals surface area contributed by atoms with Crippen molar-refractivity contribution in [1.82, 2.24) is 10.2 Å². The van der Waals surface area contributed by atoms with Crippen molar-refractivity contribution in [3.05, 3.63) is 59.7 Å². The number of hydrogen-bond donors (Lipinski definition) is 1. The van der Waals surface area contributed by atoms with Gasteiger partial charge in [0.2, 0.25) is 11.0 Å². The van der Waals surface area contributed by atoms with Crippen LogP contribution in [0.15, 0.2) is 57.8 Å². The number of amides is 1. The molecular weight excluding hydrogens is 440 g/mol. The van der Waals surface area contributed by atoms with E-state index in [1.165, 1.54) is 35.2 Å². The second-order valence-electron chi connectivity index (χ2n) is 6.47. The van der Waals surface area contributed by atoms with Gasteiger partial charge in [0.1, 0.15) is 6.54 Å². The molecule has 10 heteroatoms. The number of rotatable bonds is 8. The topological polar surface area (TPSA) is 92.3 Å². The molecular formula is C20H22N4O3S3. The molecule has 158 valence electrons. The lowest BCUT2D eigenvalue weighted by atomic mass is 10.1. The fourth-order valence-corrected chi connectivity index (χ4v) is 6.01. The number of anilines is 2. The summed E-state index contributed by atoms with van der Waals surface area (Å²) < 4.78 is 28.6. The molecule has 0 bridgehead atoms. The van der Waals surface area contributed by atoms with E-state index in [9.17, 15) is 13.2 Å². The molecule has 0 unspecified atom stereocenters. The first kappa shape index (κ1) is 22.3. The van der Waals surface area contributed by atoms with E-state index in [1.54, 1.807) is 24.3 Å². The van der Waals surface area contributed by atoms with Crippen molar-refractivity contribution < 1.29 is 13.2 Å². The number of carbonyl (C=O) groups is 1. The number of hydrogen-bond acceptors (Lipinski definition) is 7. The van der Waals surface area contributed by atoms with Crippen molar-refractivity contribution in [2.24, 2.45) is 0 Å². The van der Waals surface area contributed by atoms with Crippen LogP contribution in [0.1, 0.15) is 18.1 Å². The zero-order chi connectivity index (χ0) is 21.7. The summed E-state index contributed by atoms with van der Waals surface area (Å²) in [6.07, 6.45) is 0. The molecule has 0 aliphatic heterocycles. The summed E-state index contributed by atoms with van der Waals surface area (Å²) in [5.74, 6) is 0.358. The van der Waals surface area contributed by atoms with Gasteiger partial charge in [-0.3, -0.25) is 14.4 Å². The van der Waals surface area contributed by atoms with Crippen LogP contribution in [0, 0.1) is 13.8 Å². The van der Waals surface area contributed by atoms with Crippen molar-refractivity contribution in [2.45, 2.75) is 30.0 Å². The number of sulfonamides is 1. The maximum atomic E-state index is 13.4. The zero-order valence-corrected chi connectivity index (χ0v) is 19.3. The monoisotopic (exact) mass is 462 g/mol. The molecule has 0 spiro atoms. The second kappa shape index (κ2) is 9.59. The Hall–Kier alpha value is -2.43. The number of nitrogens with one attached hydrogen (secondary N) is 1. The van der Waals surface area contributed by atoms with Crippen LogP contribution in [0.2, 0.25) is 0 Å². The fraction of sp³-hybridized carbons (Fsp3) is 0.250. The molecule has 0 radical (unpaired) electrons. The smallest absolute Gasteiger partial charge is 0.264 e. The third-order valence-electron chi connectivity index (χ3n) is 4.16. The maximum absolute atomic E-state index is 13.4. The molecule has 2 aromatic carbocycles. The predicted molar refractivity (Wildman–Crippen MR) is 122 cm³/mol. The SMILES string of the molecule is CCSc1nnc(NC(=O)CN(c2ccc(C)cc2C)S(=O)(=O)c2ccccc2)s1. The summed E-state index contributed by atoms with van der Waals surface area (Å²) in [5, 5.41) is 11.0. The van der Waals surface area contributed by atoms with E-state index >= 15 is 0 Å². The third kappa shape index (κ3) is 5.18. The number of carbonyl (C=O) groups excluding carboxylic acids is 1. The highest BCUT2D eigenvalue weighted by atomic mass is 32.2. The van der Waals surface area contributed by atoms with Crippen LogP contribution in [0.3, 0.4) is 0 Å².